The molecule has 3 aliphatic rings. The third kappa shape index (κ3) is 11.8. The molecule has 11 N–H and O–H groups in total. The van der Waals surface area contributed by atoms with Crippen LogP contribution in [0.1, 0.15) is 13.8 Å². The molecular formula is C19H36N2O25S3. The van der Waals surface area contributed by atoms with E-state index in [1.54, 1.807) is 4.72 Å². The van der Waals surface area contributed by atoms with E-state index in [9.17, 15) is 54.8 Å². The summed E-state index contributed by atoms with van der Waals surface area (Å²) in [5.74, 6) is 0. The highest BCUT2D eigenvalue weighted by molar-refractivity contribution is 7.84. The van der Waals surface area contributed by atoms with Crippen LogP contribution in [0, 0.1) is 0 Å². The molecule has 3 heterocycles. The Kier molecular flexibility index (Phi) is 14.9. The van der Waals surface area contributed by atoms with E-state index in [-0.39, 0.29) is 0 Å². The number of nitrogens with one attached hydrogen (secondary N) is 2. The molecule has 49 heavy (non-hydrogen) atoms. The van der Waals surface area contributed by atoms with Crippen molar-refractivity contribution >= 4 is 31.0 Å². The fourth-order valence-electron chi connectivity index (χ4n) is 5.27. The molecule has 0 spiro atoms. The monoisotopic (exact) mass is 788 g/mol. The Bertz CT molecular complexity index is 1390. The zero-order chi connectivity index (χ0) is 37.1. The highest BCUT2D eigenvalue weighted by Crippen LogP contribution is 2.33. The van der Waals surface area contributed by atoms with Gasteiger partial charge in [0.2, 0.25) is 0 Å². The summed E-state index contributed by atoms with van der Waals surface area (Å²) in [6, 6.07) is -3.68. The van der Waals surface area contributed by atoms with Crippen molar-refractivity contribution in [2.75, 3.05) is 13.2 Å². The van der Waals surface area contributed by atoms with Crippen molar-refractivity contribution in [3.8, 4) is 0 Å². The van der Waals surface area contributed by atoms with E-state index >= 15 is 0 Å². The summed E-state index contributed by atoms with van der Waals surface area (Å²) < 4.78 is 131. The van der Waals surface area contributed by atoms with E-state index in [2.05, 4.69) is 19.1 Å². The molecule has 3 saturated heterocycles. The molecule has 30 heteroatoms. The smallest absolute Gasteiger partial charge is 0.388 e. The van der Waals surface area contributed by atoms with Crippen LogP contribution in [0.3, 0.4) is 0 Å². The molecule has 0 aromatic carbocycles. The average molecular weight is 789 g/mol. The summed E-state index contributed by atoms with van der Waals surface area (Å²) >= 11 is 0. The standard InChI is InChI=1S/C19H36N2O25S3/c1-5-9(20-47(28,29)30)17(44-46-27)16(8(39-5)3-37-45-26)43-19-14(25)13(24)15(6(2)40-19)42-18-10(21-48(31,32)33)12(23)11(22)7(41-18)4-38-49(34,35)36/h5-27H,3-4H2,1-2H3,(H,28,29,30)(H,31,32,33)(H,34,35,36)/t5-,6?,7?,8?,9?,10?,11+,12+,13+,14?,15+,16+,17+,18+,19-/m0/s1. The van der Waals surface area contributed by atoms with E-state index in [4.69, 9.17) is 43.6 Å². The molecule has 0 bridgehead atoms. The van der Waals surface area contributed by atoms with Gasteiger partial charge >= 0.3 is 31.0 Å². The van der Waals surface area contributed by atoms with Crippen molar-refractivity contribution in [3.63, 3.8) is 0 Å². The quantitative estimate of drug-likeness (QED) is 0.0394. The van der Waals surface area contributed by atoms with E-state index in [0.717, 1.165) is 0 Å². The van der Waals surface area contributed by atoms with Crippen LogP contribution in [0.15, 0.2) is 0 Å². The van der Waals surface area contributed by atoms with Crippen molar-refractivity contribution < 1.29 is 118 Å². The van der Waals surface area contributed by atoms with E-state index in [0.29, 0.717) is 0 Å². The predicted octanol–water partition coefficient (Wildman–Crippen LogP) is -5.99. The van der Waals surface area contributed by atoms with Crippen LogP contribution in [-0.2, 0) is 78.7 Å². The molecule has 0 aliphatic carbocycles. The summed E-state index contributed by atoms with van der Waals surface area (Å²) in [5, 5.41) is 67.7. The highest BCUT2D eigenvalue weighted by Gasteiger charge is 2.54. The van der Waals surface area contributed by atoms with E-state index < -0.39 is 136 Å². The molecule has 0 saturated carbocycles. The van der Waals surface area contributed by atoms with Gasteiger partial charge in [0.1, 0.15) is 67.6 Å². The molecule has 3 fully saturated rings. The minimum Gasteiger partial charge on any atom is -0.388 e. The lowest BCUT2D eigenvalue weighted by Crippen LogP contribution is -2.68. The minimum absolute atomic E-state index is 0.708. The Balaban J connectivity index is 1.86. The van der Waals surface area contributed by atoms with Crippen LogP contribution in [0.4, 0.5) is 0 Å². The van der Waals surface area contributed by atoms with Crippen LogP contribution < -0.4 is 9.44 Å². The number of aliphatic hydroxyl groups is 4. The van der Waals surface area contributed by atoms with Crippen molar-refractivity contribution in [1.29, 1.82) is 0 Å². The zero-order valence-corrected chi connectivity index (χ0v) is 27.3. The molecule has 3 rings (SSSR count). The second-order valence-corrected chi connectivity index (χ2v) is 14.2. The van der Waals surface area contributed by atoms with Gasteiger partial charge in [-0.1, -0.05) is 10.1 Å². The Hall–Kier alpha value is -0.990. The molecule has 6 unspecified atom stereocenters. The Morgan fingerprint density at radius 1 is 0.612 bits per heavy atom. The van der Waals surface area contributed by atoms with Crippen LogP contribution in [0.5, 0.6) is 0 Å². The van der Waals surface area contributed by atoms with E-state index in [1.165, 1.54) is 18.6 Å². The highest BCUT2D eigenvalue weighted by atomic mass is 32.3. The molecular weight excluding hydrogens is 752 g/mol. The summed E-state index contributed by atoms with van der Waals surface area (Å²) in [6.07, 6.45) is -23.9. The first-order chi connectivity index (χ1) is 22.6. The van der Waals surface area contributed by atoms with Crippen molar-refractivity contribution in [1.82, 2.24) is 9.44 Å². The van der Waals surface area contributed by atoms with Gasteiger partial charge in [0, 0.05) is 0 Å². The average Bonchev–Trinajstić information content (AvgIpc) is 2.97. The maximum Gasteiger partial charge on any atom is 0.397 e. The topological polar surface area (TPSA) is 401 Å². The molecule has 0 aromatic rings. The van der Waals surface area contributed by atoms with Crippen LogP contribution in [0.25, 0.3) is 0 Å². The SMILES string of the molecule is CC1O[C@@H](O[C@@H]2C(COOO)O[C@@H](C)C(NS(=O)(=O)O)[C@H]2OOO)C(O)[C@@H](O)[C@@H]1O[C@H]1OC(COS(=O)(=O)O)[C@@H](O)[C@H](O)C1NS(=O)(=O)O. The minimum atomic E-state index is -5.17. The van der Waals surface area contributed by atoms with Gasteiger partial charge in [-0.2, -0.15) is 39.6 Å². The molecule has 290 valence electrons. The fourth-order valence-corrected chi connectivity index (χ4v) is 6.84. The summed E-state index contributed by atoms with van der Waals surface area (Å²) in [4.78, 5) is 9.17. The van der Waals surface area contributed by atoms with Gasteiger partial charge in [0.25, 0.3) is 0 Å². The fraction of sp³-hybridized carbons (Fsp3) is 1.00. The van der Waals surface area contributed by atoms with Gasteiger partial charge in [-0.25, -0.2) is 19.6 Å². The van der Waals surface area contributed by atoms with Crippen LogP contribution in [0.2, 0.25) is 0 Å². The van der Waals surface area contributed by atoms with Gasteiger partial charge in [-0.05, 0) is 13.8 Å². The molecule has 15 atom stereocenters. The lowest BCUT2D eigenvalue weighted by atomic mass is 9.93. The van der Waals surface area contributed by atoms with Gasteiger partial charge in [-0.15, -0.1) is 0 Å². The number of aliphatic hydroxyl groups excluding tert-OH is 4. The lowest BCUT2D eigenvalue weighted by molar-refractivity contribution is -0.526. The number of hydrogen-bond donors (Lipinski definition) is 11. The second-order valence-electron chi connectivity index (χ2n) is 10.7. The summed E-state index contributed by atoms with van der Waals surface area (Å²) in [5.41, 5.74) is 0. The summed E-state index contributed by atoms with van der Waals surface area (Å²) in [6.45, 7) is 0.601. The Labute approximate surface area is 276 Å². The third-order valence-corrected chi connectivity index (χ3v) is 8.96. The maximum atomic E-state index is 11.6. The molecule has 27 nitrogen and oxygen atoms in total. The Morgan fingerprint density at radius 3 is 1.76 bits per heavy atom. The molecule has 0 aromatic heterocycles. The van der Waals surface area contributed by atoms with Gasteiger partial charge < -0.3 is 44.1 Å². The van der Waals surface area contributed by atoms with E-state index in [1.807, 2.05) is 0 Å². The number of hydrogen-bond acceptors (Lipinski definition) is 22. The first-order valence-electron chi connectivity index (χ1n) is 13.6. The molecule has 3 aliphatic heterocycles. The second kappa shape index (κ2) is 17.2. The first-order valence-corrected chi connectivity index (χ1v) is 17.8. The normalized spacial score (nSPS) is 41.1. The van der Waals surface area contributed by atoms with Gasteiger partial charge in [-0.3, -0.25) is 13.7 Å². The lowest BCUT2D eigenvalue weighted by Gasteiger charge is -2.48. The maximum absolute atomic E-state index is 11.6. The van der Waals surface area contributed by atoms with Crippen molar-refractivity contribution in [3.05, 3.63) is 0 Å². The Morgan fingerprint density at radius 2 is 1.20 bits per heavy atom. The molecule has 0 amide bonds. The number of ether oxygens (including phenoxy) is 5. The molecule has 0 radical (unpaired) electrons. The zero-order valence-electron chi connectivity index (χ0n) is 24.9. The van der Waals surface area contributed by atoms with Crippen LogP contribution in [-0.4, -0.2) is 175 Å². The third-order valence-electron chi connectivity index (χ3n) is 7.39. The van der Waals surface area contributed by atoms with Crippen LogP contribution >= 0.6 is 0 Å². The largest absolute Gasteiger partial charge is 0.397 e. The number of rotatable bonds is 16. The van der Waals surface area contributed by atoms with Crippen molar-refractivity contribution in [2.24, 2.45) is 0 Å². The first kappa shape index (κ1) is 42.4. The van der Waals surface area contributed by atoms with Gasteiger partial charge in [0.05, 0.1) is 24.9 Å². The van der Waals surface area contributed by atoms with Crippen molar-refractivity contribution in [2.45, 2.75) is 106 Å². The van der Waals surface area contributed by atoms with Gasteiger partial charge in [0.15, 0.2) is 12.6 Å². The predicted molar refractivity (Wildman–Crippen MR) is 144 cm³/mol. The summed E-state index contributed by atoms with van der Waals surface area (Å²) in [7, 11) is -15.3.